The lowest BCUT2D eigenvalue weighted by molar-refractivity contribution is -0.0386. The lowest BCUT2D eigenvalue weighted by Gasteiger charge is -2.11. The van der Waals surface area contributed by atoms with Crippen molar-refractivity contribution in [2.75, 3.05) is 6.67 Å². The van der Waals surface area contributed by atoms with Crippen LogP contribution in [-0.2, 0) is 0 Å². The van der Waals surface area contributed by atoms with E-state index in [0.29, 0.717) is 6.67 Å². The second kappa shape index (κ2) is 2.28. The molecule has 1 aliphatic rings. The van der Waals surface area contributed by atoms with Gasteiger partial charge in [0.05, 0.1) is 4.48 Å². The highest BCUT2D eigenvalue weighted by Gasteiger charge is 1.97. The molecule has 44 valence electrons. The summed E-state index contributed by atoms with van der Waals surface area (Å²) < 4.78 is 0.784. The molecule has 0 aromatic heterocycles. The molecule has 3 nitrogen and oxygen atoms in total. The van der Waals surface area contributed by atoms with Crippen LogP contribution >= 0.6 is 15.9 Å². The van der Waals surface area contributed by atoms with Crippen LogP contribution in [0.5, 0.6) is 0 Å². The van der Waals surface area contributed by atoms with Crippen LogP contribution in [0.25, 0.3) is 0 Å². The standard InChI is InChI=1S/C4H5BrN2O/c5-4-1-6-3-7(8)2-4/h1-2,8H,3H2. The van der Waals surface area contributed by atoms with Crippen LogP contribution in [0.4, 0.5) is 0 Å². The Kier molecular flexibility index (Phi) is 1.65. The molecule has 0 aromatic carbocycles. The van der Waals surface area contributed by atoms with Crippen molar-refractivity contribution >= 4 is 22.1 Å². The van der Waals surface area contributed by atoms with Crippen molar-refractivity contribution in [1.29, 1.82) is 0 Å². The van der Waals surface area contributed by atoms with E-state index in [2.05, 4.69) is 20.9 Å². The van der Waals surface area contributed by atoms with Crippen molar-refractivity contribution < 1.29 is 5.21 Å². The maximum atomic E-state index is 8.69. The van der Waals surface area contributed by atoms with Gasteiger partial charge in [-0.1, -0.05) is 0 Å². The highest BCUT2D eigenvalue weighted by Crippen LogP contribution is 2.05. The highest BCUT2D eigenvalue weighted by molar-refractivity contribution is 9.12. The third-order valence-electron chi connectivity index (χ3n) is 0.714. The van der Waals surface area contributed by atoms with Crippen LogP contribution in [0.15, 0.2) is 15.7 Å². The van der Waals surface area contributed by atoms with Crippen molar-refractivity contribution in [2.24, 2.45) is 4.99 Å². The predicted octanol–water partition coefficient (Wildman–Crippen LogP) is 0.956. The molecule has 4 heteroatoms. The summed E-state index contributed by atoms with van der Waals surface area (Å²) in [6.07, 6.45) is 3.19. The maximum Gasteiger partial charge on any atom is 0.135 e. The van der Waals surface area contributed by atoms with Gasteiger partial charge in [-0.2, -0.15) is 0 Å². The molecule has 0 unspecified atom stereocenters. The molecule has 0 radical (unpaired) electrons. The number of aliphatic imine (C=N–C) groups is 1. The molecule has 0 saturated heterocycles. The summed E-state index contributed by atoms with van der Waals surface area (Å²) in [5, 5.41) is 9.70. The van der Waals surface area contributed by atoms with Gasteiger partial charge in [0.25, 0.3) is 0 Å². The van der Waals surface area contributed by atoms with Gasteiger partial charge < -0.3 is 0 Å². The zero-order valence-corrected chi connectivity index (χ0v) is 5.67. The highest BCUT2D eigenvalue weighted by atomic mass is 79.9. The summed E-state index contributed by atoms with van der Waals surface area (Å²) in [7, 11) is 0. The first-order chi connectivity index (χ1) is 3.79. The molecule has 0 spiro atoms. The topological polar surface area (TPSA) is 35.8 Å². The first-order valence-corrected chi connectivity index (χ1v) is 2.91. The minimum atomic E-state index is 0.328. The van der Waals surface area contributed by atoms with Crippen LogP contribution in [0, 0.1) is 0 Å². The normalized spacial score (nSPS) is 18.8. The molecule has 0 fully saturated rings. The van der Waals surface area contributed by atoms with E-state index in [0.717, 1.165) is 9.55 Å². The second-order valence-electron chi connectivity index (χ2n) is 1.41. The summed E-state index contributed by atoms with van der Waals surface area (Å²) in [5.74, 6) is 0. The summed E-state index contributed by atoms with van der Waals surface area (Å²) in [6.45, 7) is 0.328. The Bertz CT molecular complexity index is 143. The van der Waals surface area contributed by atoms with Gasteiger partial charge in [0.2, 0.25) is 0 Å². The fourth-order valence-corrected chi connectivity index (χ4v) is 0.809. The Balaban J connectivity index is 2.63. The number of hydrogen-bond donors (Lipinski definition) is 1. The minimum Gasteiger partial charge on any atom is -0.287 e. The first kappa shape index (κ1) is 5.78. The smallest absolute Gasteiger partial charge is 0.135 e. The third kappa shape index (κ3) is 1.31. The molecule has 0 aromatic rings. The Morgan fingerprint density at radius 2 is 2.62 bits per heavy atom. The first-order valence-electron chi connectivity index (χ1n) is 2.12. The largest absolute Gasteiger partial charge is 0.287 e. The second-order valence-corrected chi connectivity index (χ2v) is 2.32. The van der Waals surface area contributed by atoms with Gasteiger partial charge in [0.1, 0.15) is 6.67 Å². The van der Waals surface area contributed by atoms with Crippen LogP contribution in [0.2, 0.25) is 0 Å². The molecule has 0 amide bonds. The summed E-state index contributed by atoms with van der Waals surface area (Å²) >= 11 is 3.14. The summed E-state index contributed by atoms with van der Waals surface area (Å²) in [5.41, 5.74) is 0. The fraction of sp³-hybridized carbons (Fsp3) is 0.250. The third-order valence-corrected chi connectivity index (χ3v) is 1.12. The Morgan fingerprint density at radius 1 is 1.88 bits per heavy atom. The molecule has 8 heavy (non-hydrogen) atoms. The number of halogens is 1. The van der Waals surface area contributed by atoms with E-state index in [-0.39, 0.29) is 0 Å². The van der Waals surface area contributed by atoms with Crippen molar-refractivity contribution in [3.63, 3.8) is 0 Å². The average Bonchev–Trinajstić information content (AvgIpc) is 1.64. The van der Waals surface area contributed by atoms with Crippen LogP contribution in [0.1, 0.15) is 0 Å². The molecule has 1 N–H and O–H groups in total. The minimum absolute atomic E-state index is 0.328. The summed E-state index contributed by atoms with van der Waals surface area (Å²) in [4.78, 5) is 3.77. The molecule has 0 aliphatic carbocycles. The van der Waals surface area contributed by atoms with Gasteiger partial charge in [-0.3, -0.25) is 10.2 Å². The molecule has 1 aliphatic heterocycles. The van der Waals surface area contributed by atoms with Crippen molar-refractivity contribution in [2.45, 2.75) is 0 Å². The fourth-order valence-electron chi connectivity index (χ4n) is 0.428. The van der Waals surface area contributed by atoms with E-state index in [1.54, 1.807) is 12.4 Å². The van der Waals surface area contributed by atoms with Crippen LogP contribution in [-0.4, -0.2) is 23.2 Å². The molecule has 0 bridgehead atoms. The van der Waals surface area contributed by atoms with E-state index in [9.17, 15) is 0 Å². The Morgan fingerprint density at radius 3 is 3.00 bits per heavy atom. The lowest BCUT2D eigenvalue weighted by Crippen LogP contribution is -2.14. The maximum absolute atomic E-state index is 8.69. The summed E-state index contributed by atoms with van der Waals surface area (Å²) in [6, 6.07) is 0. The quantitative estimate of drug-likeness (QED) is 0.597. The zero-order valence-electron chi connectivity index (χ0n) is 4.08. The number of hydroxylamine groups is 2. The van der Waals surface area contributed by atoms with Gasteiger partial charge in [0, 0.05) is 12.4 Å². The monoisotopic (exact) mass is 176 g/mol. The van der Waals surface area contributed by atoms with E-state index >= 15 is 0 Å². The van der Waals surface area contributed by atoms with E-state index in [4.69, 9.17) is 5.21 Å². The predicted molar refractivity (Wildman–Crippen MR) is 34.0 cm³/mol. The molecular formula is C4H5BrN2O. The molecule has 0 saturated carbocycles. The van der Waals surface area contributed by atoms with Gasteiger partial charge >= 0.3 is 0 Å². The van der Waals surface area contributed by atoms with E-state index < -0.39 is 0 Å². The van der Waals surface area contributed by atoms with E-state index in [1.165, 1.54) is 0 Å². The lowest BCUT2D eigenvalue weighted by atomic mass is 10.6. The van der Waals surface area contributed by atoms with Crippen molar-refractivity contribution in [1.82, 2.24) is 5.06 Å². The zero-order chi connectivity index (χ0) is 5.98. The molecule has 1 rings (SSSR count). The Hall–Kier alpha value is -0.350. The van der Waals surface area contributed by atoms with Crippen LogP contribution in [0.3, 0.4) is 0 Å². The van der Waals surface area contributed by atoms with Gasteiger partial charge in [0.15, 0.2) is 0 Å². The number of allylic oxidation sites excluding steroid dienone is 1. The average molecular weight is 177 g/mol. The van der Waals surface area contributed by atoms with Crippen molar-refractivity contribution in [3.05, 3.63) is 10.7 Å². The van der Waals surface area contributed by atoms with Gasteiger partial charge in [-0.15, -0.1) is 0 Å². The van der Waals surface area contributed by atoms with Gasteiger partial charge in [-0.25, -0.2) is 5.06 Å². The van der Waals surface area contributed by atoms with Crippen molar-refractivity contribution in [3.8, 4) is 0 Å². The van der Waals surface area contributed by atoms with Crippen LogP contribution < -0.4 is 0 Å². The van der Waals surface area contributed by atoms with Gasteiger partial charge in [-0.05, 0) is 15.9 Å². The molecular weight excluding hydrogens is 172 g/mol. The molecule has 0 atom stereocenters. The SMILES string of the molecule is ON1C=C(Br)C=NC1. The number of hydrogen-bond acceptors (Lipinski definition) is 3. The number of nitrogens with zero attached hydrogens (tertiary/aromatic N) is 2. The Labute approximate surface area is 55.4 Å². The molecule has 1 heterocycles. The number of rotatable bonds is 0. The van der Waals surface area contributed by atoms with E-state index in [1.807, 2.05) is 0 Å².